The smallest absolute Gasteiger partial charge is 0.174 e. The fourth-order valence-corrected chi connectivity index (χ4v) is 5.07. The fourth-order valence-electron chi connectivity index (χ4n) is 5.07. The minimum Gasteiger partial charge on any atom is -0.497 e. The molecule has 1 N–H and O–H groups in total. The van der Waals surface area contributed by atoms with E-state index in [1.165, 1.54) is 0 Å². The predicted octanol–water partition coefficient (Wildman–Crippen LogP) is 3.23. The largest absolute Gasteiger partial charge is 0.497 e. The summed E-state index contributed by atoms with van der Waals surface area (Å²) in [5.74, 6) is 0.853. The van der Waals surface area contributed by atoms with Gasteiger partial charge in [-0.1, -0.05) is 19.1 Å². The summed E-state index contributed by atoms with van der Waals surface area (Å²) in [6.45, 7) is 3.69. The molecule has 3 aliphatic rings. The quantitative estimate of drug-likeness (QED) is 0.909. The van der Waals surface area contributed by atoms with Gasteiger partial charge in [-0.2, -0.15) is 0 Å². The molecule has 1 spiro atoms. The van der Waals surface area contributed by atoms with Gasteiger partial charge in [-0.25, -0.2) is 0 Å². The molecule has 1 heterocycles. The Morgan fingerprint density at radius 2 is 1.78 bits per heavy atom. The van der Waals surface area contributed by atoms with Crippen LogP contribution in [0.25, 0.3) is 0 Å². The summed E-state index contributed by atoms with van der Waals surface area (Å²) in [6, 6.07) is 7.85. The average Bonchev–Trinajstić information content (AvgIpc) is 3.16. The number of hydrogen-bond acceptors (Lipinski definition) is 4. The summed E-state index contributed by atoms with van der Waals surface area (Å²) >= 11 is 0. The molecule has 1 aliphatic heterocycles. The molecular weight excluding hydrogens is 292 g/mol. The lowest BCUT2D eigenvalue weighted by atomic mass is 9.61. The Morgan fingerprint density at radius 1 is 1.09 bits per heavy atom. The minimum atomic E-state index is -0.749. The van der Waals surface area contributed by atoms with Crippen molar-refractivity contribution in [3.05, 3.63) is 29.8 Å². The highest BCUT2D eigenvalue weighted by Crippen LogP contribution is 2.63. The molecule has 4 rings (SSSR count). The number of rotatable bonds is 2. The first kappa shape index (κ1) is 15.4. The van der Waals surface area contributed by atoms with Crippen LogP contribution in [-0.4, -0.2) is 31.2 Å². The standard InChI is InChI=1S/C19H26O4/c1-17-9-10-18(20,14-3-5-16(21-2)6-4-14)13-15(17)7-8-19(17)22-11-12-23-19/h3-6,15,20H,7-13H2,1-2H3/t15-,17+,18-/m1/s1. The highest BCUT2D eigenvalue weighted by atomic mass is 16.7. The van der Waals surface area contributed by atoms with E-state index < -0.39 is 11.4 Å². The zero-order valence-electron chi connectivity index (χ0n) is 14.0. The first-order valence-electron chi connectivity index (χ1n) is 8.66. The third-order valence-corrected chi connectivity index (χ3v) is 6.62. The van der Waals surface area contributed by atoms with E-state index in [2.05, 4.69) is 6.92 Å². The Kier molecular flexibility index (Phi) is 3.49. The topological polar surface area (TPSA) is 47.9 Å². The van der Waals surface area contributed by atoms with Gasteiger partial charge >= 0.3 is 0 Å². The van der Waals surface area contributed by atoms with Crippen molar-refractivity contribution in [1.29, 1.82) is 0 Å². The van der Waals surface area contributed by atoms with E-state index in [-0.39, 0.29) is 5.41 Å². The van der Waals surface area contributed by atoms with E-state index in [9.17, 15) is 5.11 Å². The van der Waals surface area contributed by atoms with Crippen LogP contribution in [0.4, 0.5) is 0 Å². The van der Waals surface area contributed by atoms with E-state index in [0.29, 0.717) is 19.1 Å². The summed E-state index contributed by atoms with van der Waals surface area (Å²) in [7, 11) is 1.66. The molecule has 0 unspecified atom stereocenters. The highest BCUT2D eigenvalue weighted by Gasteiger charge is 2.64. The molecule has 0 aromatic heterocycles. The Bertz CT molecular complexity index is 578. The second-order valence-corrected chi connectivity index (χ2v) is 7.57. The molecule has 3 atom stereocenters. The molecule has 1 saturated heterocycles. The van der Waals surface area contributed by atoms with Crippen molar-refractivity contribution in [3.8, 4) is 5.75 Å². The SMILES string of the molecule is COc1ccc([C@@]2(O)CC[C@@]3(C)[C@H](CCC34OCCO4)C2)cc1. The predicted molar refractivity (Wildman–Crippen MR) is 86.2 cm³/mol. The minimum absolute atomic E-state index is 0.0161. The van der Waals surface area contributed by atoms with Crippen LogP contribution in [0.1, 0.15) is 44.6 Å². The second kappa shape index (κ2) is 5.20. The van der Waals surface area contributed by atoms with Gasteiger partial charge in [0.25, 0.3) is 0 Å². The number of fused-ring (bicyclic) bond motifs is 2. The molecule has 1 aromatic rings. The Balaban J connectivity index is 1.59. The summed E-state index contributed by atoms with van der Waals surface area (Å²) in [5.41, 5.74) is 0.262. The van der Waals surface area contributed by atoms with Gasteiger partial charge in [0.05, 0.1) is 25.9 Å². The van der Waals surface area contributed by atoms with Gasteiger partial charge in [0.1, 0.15) is 5.75 Å². The van der Waals surface area contributed by atoms with Gasteiger partial charge in [-0.15, -0.1) is 0 Å². The maximum absolute atomic E-state index is 11.3. The maximum atomic E-state index is 11.3. The third kappa shape index (κ3) is 2.15. The third-order valence-electron chi connectivity index (χ3n) is 6.62. The lowest BCUT2D eigenvalue weighted by molar-refractivity contribution is -0.241. The molecular formula is C19H26O4. The van der Waals surface area contributed by atoms with Gasteiger partial charge < -0.3 is 19.3 Å². The Morgan fingerprint density at radius 3 is 2.43 bits per heavy atom. The number of ether oxygens (including phenoxy) is 3. The first-order chi connectivity index (χ1) is 11.0. The normalized spacial score (nSPS) is 38.7. The number of hydrogen-bond donors (Lipinski definition) is 1. The lowest BCUT2D eigenvalue weighted by Gasteiger charge is -2.50. The van der Waals surface area contributed by atoms with E-state index in [1.807, 2.05) is 24.3 Å². The van der Waals surface area contributed by atoms with Gasteiger partial charge in [0.2, 0.25) is 0 Å². The van der Waals surface area contributed by atoms with Gasteiger partial charge in [0.15, 0.2) is 5.79 Å². The van der Waals surface area contributed by atoms with Crippen molar-refractivity contribution < 1.29 is 19.3 Å². The van der Waals surface area contributed by atoms with E-state index in [1.54, 1.807) is 7.11 Å². The molecule has 4 nitrogen and oxygen atoms in total. The van der Waals surface area contributed by atoms with E-state index in [4.69, 9.17) is 14.2 Å². The molecule has 23 heavy (non-hydrogen) atoms. The van der Waals surface area contributed by atoms with Gasteiger partial charge in [0, 0.05) is 11.8 Å². The highest BCUT2D eigenvalue weighted by molar-refractivity contribution is 5.32. The first-order valence-corrected chi connectivity index (χ1v) is 8.66. The summed E-state index contributed by atoms with van der Waals surface area (Å²) in [4.78, 5) is 0. The number of aliphatic hydroxyl groups is 1. The van der Waals surface area contributed by atoms with Crippen molar-refractivity contribution in [2.45, 2.75) is 50.4 Å². The van der Waals surface area contributed by atoms with Crippen LogP contribution in [0, 0.1) is 11.3 Å². The van der Waals surface area contributed by atoms with Crippen molar-refractivity contribution >= 4 is 0 Å². The Labute approximate surface area is 137 Å². The average molecular weight is 318 g/mol. The zero-order chi connectivity index (χ0) is 16.1. The van der Waals surface area contributed by atoms with Crippen LogP contribution in [0.15, 0.2) is 24.3 Å². The number of benzene rings is 1. The van der Waals surface area contributed by atoms with Crippen molar-refractivity contribution in [1.82, 2.24) is 0 Å². The van der Waals surface area contributed by atoms with Crippen LogP contribution in [0.3, 0.4) is 0 Å². The molecule has 4 heteroatoms. The molecule has 0 bridgehead atoms. The monoisotopic (exact) mass is 318 g/mol. The van der Waals surface area contributed by atoms with Gasteiger partial charge in [-0.05, 0) is 49.3 Å². The van der Waals surface area contributed by atoms with Crippen molar-refractivity contribution in [2.75, 3.05) is 20.3 Å². The second-order valence-electron chi connectivity index (χ2n) is 7.57. The zero-order valence-corrected chi connectivity index (χ0v) is 14.0. The molecule has 1 aromatic carbocycles. The summed E-state index contributed by atoms with van der Waals surface area (Å²) in [5, 5.41) is 11.3. The van der Waals surface area contributed by atoms with Gasteiger partial charge in [-0.3, -0.25) is 0 Å². The van der Waals surface area contributed by atoms with Crippen LogP contribution < -0.4 is 4.74 Å². The fraction of sp³-hybridized carbons (Fsp3) is 0.684. The molecule has 2 saturated carbocycles. The molecule has 0 radical (unpaired) electrons. The van der Waals surface area contributed by atoms with E-state index in [0.717, 1.165) is 43.4 Å². The van der Waals surface area contributed by atoms with Crippen LogP contribution in [0.5, 0.6) is 5.75 Å². The molecule has 0 amide bonds. The van der Waals surface area contributed by atoms with Crippen LogP contribution in [-0.2, 0) is 15.1 Å². The number of methoxy groups -OCH3 is 1. The van der Waals surface area contributed by atoms with Crippen LogP contribution >= 0.6 is 0 Å². The molecule has 126 valence electrons. The summed E-state index contributed by atoms with van der Waals surface area (Å²) in [6.07, 6.45) is 4.48. The van der Waals surface area contributed by atoms with Crippen LogP contribution in [0.2, 0.25) is 0 Å². The van der Waals surface area contributed by atoms with E-state index >= 15 is 0 Å². The maximum Gasteiger partial charge on any atom is 0.174 e. The molecule has 2 aliphatic carbocycles. The summed E-state index contributed by atoms with van der Waals surface area (Å²) < 4.78 is 17.3. The molecule has 3 fully saturated rings. The lowest BCUT2D eigenvalue weighted by Crippen LogP contribution is -2.51. The van der Waals surface area contributed by atoms with Crippen molar-refractivity contribution in [3.63, 3.8) is 0 Å². The van der Waals surface area contributed by atoms with Crippen molar-refractivity contribution in [2.24, 2.45) is 11.3 Å². The Hall–Kier alpha value is -1.10.